The second kappa shape index (κ2) is 5.99. The largest absolute Gasteiger partial charge is 0.508 e. The fraction of sp³-hybridized carbons (Fsp3) is 0.0625. The number of hydrogen-bond donors (Lipinski definition) is 2. The third-order valence-electron chi connectivity index (χ3n) is 3.27. The summed E-state index contributed by atoms with van der Waals surface area (Å²) in [6.45, 7) is -0.456. The molecule has 2 aromatic carbocycles. The van der Waals surface area contributed by atoms with Gasteiger partial charge in [-0.25, -0.2) is 9.18 Å². The van der Waals surface area contributed by atoms with Gasteiger partial charge in [-0.05, 0) is 36.4 Å². The summed E-state index contributed by atoms with van der Waals surface area (Å²) < 4.78 is 18.7. The lowest BCUT2D eigenvalue weighted by Crippen LogP contribution is -2.21. The summed E-state index contributed by atoms with van der Waals surface area (Å²) in [4.78, 5) is 23.9. The van der Waals surface area contributed by atoms with Crippen molar-refractivity contribution in [1.82, 2.24) is 9.78 Å². The summed E-state index contributed by atoms with van der Waals surface area (Å²) >= 11 is 0. The number of benzene rings is 2. The lowest BCUT2D eigenvalue weighted by atomic mass is 10.1. The molecule has 0 unspecified atom stereocenters. The molecule has 3 aromatic rings. The third kappa shape index (κ3) is 3.02. The maximum Gasteiger partial charge on any atom is 0.437 e. The summed E-state index contributed by atoms with van der Waals surface area (Å²) in [5, 5.41) is 22.8. The van der Waals surface area contributed by atoms with Crippen LogP contribution in [0, 0.1) is 5.82 Å². The maximum atomic E-state index is 12.9. The number of aromatic nitrogens is 2. The Morgan fingerprint density at radius 1 is 1.17 bits per heavy atom. The second-order valence-corrected chi connectivity index (χ2v) is 4.96. The first-order valence-corrected chi connectivity index (χ1v) is 6.83. The lowest BCUT2D eigenvalue weighted by molar-refractivity contribution is 0.0962. The lowest BCUT2D eigenvalue weighted by Gasteiger charge is -2.03. The number of ketones is 1. The molecule has 1 heterocycles. The van der Waals surface area contributed by atoms with Crippen molar-refractivity contribution in [3.05, 3.63) is 64.4 Å². The number of carbonyl (C=O) groups is 1. The van der Waals surface area contributed by atoms with Crippen LogP contribution in [0.4, 0.5) is 4.39 Å². The van der Waals surface area contributed by atoms with Crippen molar-refractivity contribution in [2.45, 2.75) is 6.54 Å². The van der Waals surface area contributed by atoms with Gasteiger partial charge in [-0.1, -0.05) is 0 Å². The normalized spacial score (nSPS) is 10.7. The minimum atomic E-state index is -0.860. The van der Waals surface area contributed by atoms with Gasteiger partial charge >= 0.3 is 5.76 Å². The Bertz CT molecular complexity index is 959. The molecule has 1 aromatic heterocycles. The van der Waals surface area contributed by atoms with Crippen LogP contribution in [0.2, 0.25) is 0 Å². The number of halogens is 1. The topological polar surface area (TPSA) is 106 Å². The average molecular weight is 330 g/mol. The minimum absolute atomic E-state index is 0.0530. The molecule has 0 radical (unpaired) electrons. The van der Waals surface area contributed by atoms with E-state index in [0.717, 1.165) is 10.7 Å². The first-order chi connectivity index (χ1) is 11.4. The summed E-state index contributed by atoms with van der Waals surface area (Å²) in [6, 6.07) is 8.64. The predicted molar refractivity (Wildman–Crippen MR) is 80.3 cm³/mol. The molecule has 0 spiro atoms. The van der Waals surface area contributed by atoms with Gasteiger partial charge in [0.05, 0.1) is 5.56 Å². The maximum absolute atomic E-state index is 12.9. The predicted octanol–water partition coefficient (Wildman–Crippen LogP) is 1.94. The number of phenolic OH excluding ortho intramolecular Hbond substituents is 2. The van der Waals surface area contributed by atoms with Crippen LogP contribution in [-0.2, 0) is 6.54 Å². The van der Waals surface area contributed by atoms with Crippen LogP contribution in [0.1, 0.15) is 10.4 Å². The van der Waals surface area contributed by atoms with E-state index in [1.54, 1.807) is 0 Å². The van der Waals surface area contributed by atoms with E-state index >= 15 is 0 Å². The van der Waals surface area contributed by atoms with E-state index in [0.29, 0.717) is 5.56 Å². The highest BCUT2D eigenvalue weighted by Gasteiger charge is 2.17. The zero-order valence-corrected chi connectivity index (χ0v) is 12.1. The van der Waals surface area contributed by atoms with Crippen molar-refractivity contribution in [1.29, 1.82) is 0 Å². The highest BCUT2D eigenvalue weighted by Crippen LogP contribution is 2.23. The Balaban J connectivity index is 1.87. The molecule has 0 aliphatic rings. The van der Waals surface area contributed by atoms with Gasteiger partial charge in [0.2, 0.25) is 5.89 Å². The van der Waals surface area contributed by atoms with E-state index in [2.05, 4.69) is 5.10 Å². The molecule has 0 aliphatic heterocycles. The Hall–Kier alpha value is -3.42. The molecule has 8 heteroatoms. The monoisotopic (exact) mass is 330 g/mol. The van der Waals surface area contributed by atoms with E-state index in [9.17, 15) is 24.2 Å². The molecule has 3 rings (SSSR count). The smallest absolute Gasteiger partial charge is 0.437 e. The molecule has 0 saturated carbocycles. The molecule has 7 nitrogen and oxygen atoms in total. The van der Waals surface area contributed by atoms with Crippen LogP contribution in [0.5, 0.6) is 11.5 Å². The standard InChI is InChI=1S/C16H11FN2O5/c17-10-3-1-9(2-4-10)15-18-19(16(23)24-15)8-14(22)12-6-5-11(20)7-13(12)21/h1-7,20-21H,8H2. The van der Waals surface area contributed by atoms with Gasteiger partial charge in [0.1, 0.15) is 23.9 Å². The number of rotatable bonds is 4. The molecular formula is C16H11FN2O5. The molecule has 0 saturated heterocycles. The second-order valence-electron chi connectivity index (χ2n) is 4.96. The number of nitrogens with zero attached hydrogens (tertiary/aromatic N) is 2. The van der Waals surface area contributed by atoms with Crippen LogP contribution in [0.3, 0.4) is 0 Å². The number of Topliss-reactive ketones (excluding diaryl/α,β-unsaturated/α-hetero) is 1. The number of aromatic hydroxyl groups is 2. The molecule has 2 N–H and O–H groups in total. The first kappa shape index (κ1) is 15.5. The van der Waals surface area contributed by atoms with Crippen LogP contribution >= 0.6 is 0 Å². The van der Waals surface area contributed by atoms with E-state index in [1.807, 2.05) is 0 Å². The highest BCUT2D eigenvalue weighted by atomic mass is 19.1. The molecule has 122 valence electrons. The molecule has 0 aliphatic carbocycles. The zero-order chi connectivity index (χ0) is 17.3. The summed E-state index contributed by atoms with van der Waals surface area (Å²) in [5.74, 6) is -2.55. The first-order valence-electron chi connectivity index (χ1n) is 6.83. The highest BCUT2D eigenvalue weighted by molar-refractivity contribution is 5.98. The van der Waals surface area contributed by atoms with Crippen LogP contribution in [-0.4, -0.2) is 25.8 Å². The fourth-order valence-corrected chi connectivity index (χ4v) is 2.09. The Labute approximate surface area is 134 Å². The van der Waals surface area contributed by atoms with E-state index in [1.165, 1.54) is 36.4 Å². The van der Waals surface area contributed by atoms with Crippen molar-refractivity contribution in [3.8, 4) is 23.0 Å². The van der Waals surface area contributed by atoms with Crippen LogP contribution in [0.25, 0.3) is 11.5 Å². The van der Waals surface area contributed by atoms with Gasteiger partial charge in [-0.15, -0.1) is 5.10 Å². The molecule has 0 amide bonds. The van der Waals surface area contributed by atoms with Gasteiger partial charge in [0, 0.05) is 11.6 Å². The number of carbonyl (C=O) groups excluding carboxylic acids is 1. The Morgan fingerprint density at radius 3 is 2.54 bits per heavy atom. The zero-order valence-electron chi connectivity index (χ0n) is 12.1. The average Bonchev–Trinajstić information content (AvgIpc) is 2.88. The van der Waals surface area contributed by atoms with Crippen molar-refractivity contribution in [2.24, 2.45) is 0 Å². The van der Waals surface area contributed by atoms with Crippen molar-refractivity contribution in [3.63, 3.8) is 0 Å². The third-order valence-corrected chi connectivity index (χ3v) is 3.27. The van der Waals surface area contributed by atoms with Crippen LogP contribution in [0.15, 0.2) is 51.7 Å². The summed E-state index contributed by atoms with van der Waals surface area (Å²) in [7, 11) is 0. The van der Waals surface area contributed by atoms with Gasteiger partial charge in [-0.2, -0.15) is 4.68 Å². The Morgan fingerprint density at radius 2 is 1.88 bits per heavy atom. The van der Waals surface area contributed by atoms with Crippen molar-refractivity contribution in [2.75, 3.05) is 0 Å². The molecule has 0 bridgehead atoms. The fourth-order valence-electron chi connectivity index (χ4n) is 2.09. The molecule has 24 heavy (non-hydrogen) atoms. The van der Waals surface area contributed by atoms with E-state index in [-0.39, 0.29) is 17.2 Å². The van der Waals surface area contributed by atoms with Gasteiger partial charge in [0.15, 0.2) is 5.78 Å². The van der Waals surface area contributed by atoms with Gasteiger partial charge in [0.25, 0.3) is 0 Å². The summed E-state index contributed by atoms with van der Waals surface area (Å²) in [5.41, 5.74) is 0.318. The minimum Gasteiger partial charge on any atom is -0.508 e. The summed E-state index contributed by atoms with van der Waals surface area (Å²) in [6.07, 6.45) is 0. The quantitative estimate of drug-likeness (QED) is 0.708. The van der Waals surface area contributed by atoms with Gasteiger partial charge < -0.3 is 14.6 Å². The van der Waals surface area contributed by atoms with Crippen molar-refractivity contribution >= 4 is 5.78 Å². The molecular weight excluding hydrogens is 319 g/mol. The molecule has 0 atom stereocenters. The van der Waals surface area contributed by atoms with Crippen molar-refractivity contribution < 1.29 is 23.8 Å². The van der Waals surface area contributed by atoms with Gasteiger partial charge in [-0.3, -0.25) is 4.79 Å². The number of hydrogen-bond acceptors (Lipinski definition) is 6. The van der Waals surface area contributed by atoms with E-state index in [4.69, 9.17) is 4.42 Å². The van der Waals surface area contributed by atoms with E-state index < -0.39 is 29.7 Å². The number of phenols is 2. The Kier molecular flexibility index (Phi) is 3.87. The molecule has 0 fully saturated rings. The van der Waals surface area contributed by atoms with Crippen LogP contribution < -0.4 is 5.76 Å². The SMILES string of the molecule is O=C(Cn1nc(-c2ccc(F)cc2)oc1=O)c1ccc(O)cc1O.